The standard InChI is InChI=1S/C15H21N3O/c1-17(2)11-12-19-15(13-7-5-4-6-8-13)14-9-10-16-18(14)3/h4-10,15H,11-12H2,1-3H3/i1D3,4D,5D,6D,7D,8D,11D2,15D. The molecule has 0 bridgehead atoms. The molecule has 1 unspecified atom stereocenters. The van der Waals surface area contributed by atoms with Gasteiger partial charge < -0.3 is 9.64 Å². The third kappa shape index (κ3) is 3.66. The fourth-order valence-electron chi connectivity index (χ4n) is 1.44. The molecule has 19 heavy (non-hydrogen) atoms. The van der Waals surface area contributed by atoms with Gasteiger partial charge in [0.1, 0.15) is 6.08 Å². The Labute approximate surface area is 130 Å². The molecular formula is C15H21N3O. The number of aryl methyl sites for hydroxylation is 1. The van der Waals surface area contributed by atoms with E-state index >= 15 is 0 Å². The molecule has 0 saturated heterocycles. The van der Waals surface area contributed by atoms with Gasteiger partial charge in [0, 0.05) is 26.6 Å². The lowest BCUT2D eigenvalue weighted by atomic mass is 10.1. The van der Waals surface area contributed by atoms with E-state index in [0.29, 0.717) is 4.90 Å². The normalized spacial score (nSPS) is 24.3. The molecule has 0 amide bonds. The van der Waals surface area contributed by atoms with Crippen LogP contribution in [-0.4, -0.2) is 41.8 Å². The van der Waals surface area contributed by atoms with E-state index in [1.807, 2.05) is 0 Å². The first-order chi connectivity index (χ1) is 13.6. The number of aromatic nitrogens is 2. The first-order valence-electron chi connectivity index (χ1n) is 11.0. The van der Waals surface area contributed by atoms with Crippen LogP contribution in [0.5, 0.6) is 0 Å². The molecule has 0 fully saturated rings. The number of benzene rings is 1. The van der Waals surface area contributed by atoms with Gasteiger partial charge in [-0.3, -0.25) is 4.68 Å². The predicted octanol–water partition coefficient (Wildman–Crippen LogP) is 2.09. The van der Waals surface area contributed by atoms with Gasteiger partial charge in [0.15, 0.2) is 0 Å². The minimum Gasteiger partial charge on any atom is -0.366 e. The minimum absolute atomic E-state index is 0.0339. The maximum absolute atomic E-state index is 8.91. The molecule has 1 aromatic carbocycles. The molecule has 0 N–H and O–H groups in total. The lowest BCUT2D eigenvalue weighted by molar-refractivity contribution is 0.0638. The lowest BCUT2D eigenvalue weighted by Gasteiger charge is -2.20. The van der Waals surface area contributed by atoms with E-state index in [1.54, 1.807) is 0 Å². The van der Waals surface area contributed by atoms with Crippen molar-refractivity contribution in [3.63, 3.8) is 0 Å². The summed E-state index contributed by atoms with van der Waals surface area (Å²) in [5.74, 6) is 0. The molecule has 0 aliphatic rings. The van der Waals surface area contributed by atoms with Crippen molar-refractivity contribution in [1.29, 1.82) is 0 Å². The van der Waals surface area contributed by atoms with Gasteiger partial charge in [0.25, 0.3) is 0 Å². The van der Waals surface area contributed by atoms with Crippen LogP contribution in [0.1, 0.15) is 32.4 Å². The smallest absolute Gasteiger partial charge is 0.124 e. The van der Waals surface area contributed by atoms with Crippen LogP contribution in [0.25, 0.3) is 0 Å². The number of ether oxygens (including phenoxy) is 1. The summed E-state index contributed by atoms with van der Waals surface area (Å²) in [4.78, 5) is 0.450. The molecule has 1 aromatic heterocycles. The van der Waals surface area contributed by atoms with Crippen molar-refractivity contribution in [3.05, 3.63) is 53.7 Å². The highest BCUT2D eigenvalue weighted by atomic mass is 16.5. The average molecular weight is 270 g/mol. The van der Waals surface area contributed by atoms with Gasteiger partial charge >= 0.3 is 0 Å². The zero-order valence-corrected chi connectivity index (χ0v) is 10.6. The fraction of sp³-hybridized carbons (Fsp3) is 0.400. The molecule has 102 valence electrons. The van der Waals surface area contributed by atoms with E-state index in [2.05, 4.69) is 5.10 Å². The van der Waals surface area contributed by atoms with Crippen LogP contribution in [-0.2, 0) is 11.8 Å². The quantitative estimate of drug-likeness (QED) is 0.805. The summed E-state index contributed by atoms with van der Waals surface area (Å²) in [7, 11) is 2.47. The number of hydrogen-bond acceptors (Lipinski definition) is 3. The fourth-order valence-corrected chi connectivity index (χ4v) is 1.44. The van der Waals surface area contributed by atoms with Crippen LogP contribution in [0, 0.1) is 0 Å². The molecule has 0 aliphatic heterocycles. The molecule has 0 saturated carbocycles. The Morgan fingerprint density at radius 3 is 3.00 bits per heavy atom. The third-order valence-electron chi connectivity index (χ3n) is 2.30. The maximum atomic E-state index is 8.91. The van der Waals surface area contributed by atoms with E-state index in [1.165, 1.54) is 24.0 Å². The van der Waals surface area contributed by atoms with Crippen molar-refractivity contribution < 1.29 is 19.8 Å². The molecular weight excluding hydrogens is 238 g/mol. The maximum Gasteiger partial charge on any atom is 0.124 e. The number of hydrogen-bond donors (Lipinski definition) is 0. The summed E-state index contributed by atoms with van der Waals surface area (Å²) in [6.07, 6.45) is -1.16. The van der Waals surface area contributed by atoms with Gasteiger partial charge in [-0.1, -0.05) is 30.2 Å². The van der Waals surface area contributed by atoms with Crippen LogP contribution in [0.3, 0.4) is 0 Å². The Kier molecular flexibility index (Phi) is 1.84. The van der Waals surface area contributed by atoms with Gasteiger partial charge in [-0.2, -0.15) is 5.10 Å². The molecule has 2 aromatic rings. The van der Waals surface area contributed by atoms with Gasteiger partial charge in [-0.25, -0.2) is 0 Å². The number of likely N-dealkylation sites (N-methyl/N-ethyl adjacent to an activating group) is 1. The van der Waals surface area contributed by atoms with Crippen LogP contribution >= 0.6 is 0 Å². The van der Waals surface area contributed by atoms with E-state index in [9.17, 15) is 0 Å². The van der Waals surface area contributed by atoms with Crippen LogP contribution in [0.2, 0.25) is 0 Å². The summed E-state index contributed by atoms with van der Waals surface area (Å²) in [6, 6.07) is -2.08. The van der Waals surface area contributed by atoms with Gasteiger partial charge in [-0.05, 0) is 25.7 Å². The first-order valence-corrected chi connectivity index (χ1v) is 5.49. The summed E-state index contributed by atoms with van der Waals surface area (Å²) in [5, 5.41) is 3.92. The first kappa shape index (κ1) is 5.38. The molecule has 4 heteroatoms. The summed E-state index contributed by atoms with van der Waals surface area (Å²) in [5.41, 5.74) is -0.571. The van der Waals surface area contributed by atoms with Gasteiger partial charge in [-0.15, -0.1) is 0 Å². The second-order valence-electron chi connectivity index (χ2n) is 3.67. The Hall–Kier alpha value is -1.65. The minimum atomic E-state index is -2.79. The largest absolute Gasteiger partial charge is 0.366 e. The van der Waals surface area contributed by atoms with Crippen LogP contribution in [0.15, 0.2) is 42.5 Å². The van der Waals surface area contributed by atoms with Crippen molar-refractivity contribution >= 4 is 0 Å². The predicted molar refractivity (Wildman–Crippen MR) is 76.0 cm³/mol. The summed E-state index contributed by atoms with van der Waals surface area (Å²) >= 11 is 0. The van der Waals surface area contributed by atoms with Crippen LogP contribution in [0.4, 0.5) is 0 Å². The van der Waals surface area contributed by atoms with Crippen molar-refractivity contribution in [2.45, 2.75) is 6.08 Å². The number of rotatable bonds is 6. The Morgan fingerprint density at radius 1 is 1.58 bits per heavy atom. The van der Waals surface area contributed by atoms with Crippen LogP contribution < -0.4 is 0 Å². The highest BCUT2D eigenvalue weighted by molar-refractivity contribution is 5.25. The molecule has 2 rings (SSSR count). The zero-order valence-electron chi connectivity index (χ0n) is 21.6. The highest BCUT2D eigenvalue weighted by Crippen LogP contribution is 2.25. The van der Waals surface area contributed by atoms with Crippen molar-refractivity contribution in [2.75, 3.05) is 27.1 Å². The molecule has 4 nitrogen and oxygen atoms in total. The van der Waals surface area contributed by atoms with E-state index in [-0.39, 0.29) is 5.69 Å². The van der Waals surface area contributed by atoms with E-state index < -0.39 is 61.9 Å². The zero-order chi connectivity index (χ0) is 23.2. The van der Waals surface area contributed by atoms with Crippen molar-refractivity contribution in [1.82, 2.24) is 14.7 Å². The second kappa shape index (κ2) is 6.50. The lowest BCUT2D eigenvalue weighted by Crippen LogP contribution is -2.20. The van der Waals surface area contributed by atoms with E-state index in [0.717, 1.165) is 7.05 Å². The number of nitrogens with zero attached hydrogens (tertiary/aromatic N) is 3. The Balaban J connectivity index is 2.66. The Bertz CT molecular complexity index is 914. The van der Waals surface area contributed by atoms with E-state index in [4.69, 9.17) is 19.8 Å². The average Bonchev–Trinajstić information content (AvgIpc) is 3.08. The SMILES string of the molecule is [2H]c1c([2H])c([2H])c(C([2H])(OCC([2H])([2H])N(C)C([2H])([2H])[2H])c2ccnn2C)c([2H])c1[2H]. The molecule has 0 spiro atoms. The summed E-state index contributed by atoms with van der Waals surface area (Å²) < 4.78 is 93.7. The van der Waals surface area contributed by atoms with Crippen molar-refractivity contribution in [2.24, 2.45) is 7.05 Å². The summed E-state index contributed by atoms with van der Waals surface area (Å²) in [6.45, 7) is -6.30. The van der Waals surface area contributed by atoms with Gasteiger partial charge in [0.05, 0.1) is 20.5 Å². The molecule has 0 aliphatic carbocycles. The molecule has 1 atom stereocenters. The van der Waals surface area contributed by atoms with Crippen molar-refractivity contribution in [3.8, 4) is 0 Å². The third-order valence-corrected chi connectivity index (χ3v) is 2.30. The topological polar surface area (TPSA) is 30.3 Å². The molecule has 1 heterocycles. The highest BCUT2D eigenvalue weighted by Gasteiger charge is 2.17. The Morgan fingerprint density at radius 2 is 2.37 bits per heavy atom. The molecule has 0 radical (unpaired) electrons. The monoisotopic (exact) mass is 270 g/mol. The van der Waals surface area contributed by atoms with Gasteiger partial charge in [0.2, 0.25) is 0 Å². The second-order valence-corrected chi connectivity index (χ2v) is 3.67.